The lowest BCUT2D eigenvalue weighted by Crippen LogP contribution is -2.15. The lowest BCUT2D eigenvalue weighted by Gasteiger charge is -2.20. The number of anilines is 1. The predicted octanol–water partition coefficient (Wildman–Crippen LogP) is 2.83. The molecule has 4 heteroatoms. The number of carbonyl (C=O) groups excluding carboxylic acids is 1. The summed E-state index contributed by atoms with van der Waals surface area (Å²) in [6.45, 7) is 3.26. The molecule has 2 rings (SSSR count). The number of halogens is 1. The summed E-state index contributed by atoms with van der Waals surface area (Å²) in [7, 11) is 0. The quantitative estimate of drug-likeness (QED) is 0.669. The van der Waals surface area contributed by atoms with E-state index in [1.165, 1.54) is 11.3 Å². The highest BCUT2D eigenvalue weighted by molar-refractivity contribution is 14.1. The van der Waals surface area contributed by atoms with E-state index in [0.717, 1.165) is 23.0 Å². The van der Waals surface area contributed by atoms with Gasteiger partial charge in [0.05, 0.1) is 17.9 Å². The maximum atomic E-state index is 11.6. The maximum Gasteiger partial charge on any atom is 0.338 e. The Morgan fingerprint density at radius 3 is 3.12 bits per heavy atom. The third-order valence-corrected chi connectivity index (χ3v) is 3.46. The number of carbonyl (C=O) groups is 1. The summed E-state index contributed by atoms with van der Waals surface area (Å²) >= 11 is 2.26. The Hall–Kier alpha value is -0.780. The molecule has 0 unspecified atom stereocenters. The molecule has 3 nitrogen and oxygen atoms in total. The van der Waals surface area contributed by atoms with Crippen LogP contribution in [0.5, 0.6) is 0 Å². The first kappa shape index (κ1) is 11.7. The molecule has 0 radical (unpaired) electrons. The molecule has 1 N–H and O–H groups in total. The normalized spacial score (nSPS) is 13.9. The number of hydrogen-bond acceptors (Lipinski definition) is 3. The molecule has 0 amide bonds. The van der Waals surface area contributed by atoms with Crippen molar-refractivity contribution in [3.05, 3.63) is 26.8 Å². The van der Waals surface area contributed by atoms with Gasteiger partial charge in [-0.1, -0.05) is 0 Å². The molecule has 1 aliphatic heterocycles. The number of hydrogen-bond donors (Lipinski definition) is 1. The molecule has 1 aromatic rings. The van der Waals surface area contributed by atoms with Gasteiger partial charge in [-0.2, -0.15) is 0 Å². The molecule has 0 saturated carbocycles. The van der Waals surface area contributed by atoms with Crippen LogP contribution in [0.4, 0.5) is 5.69 Å². The summed E-state index contributed by atoms with van der Waals surface area (Å²) in [5.41, 5.74) is 3.06. The minimum absolute atomic E-state index is 0.228. The number of aryl methyl sites for hydroxylation is 1. The molecule has 0 fully saturated rings. The molecule has 1 heterocycles. The lowest BCUT2D eigenvalue weighted by atomic mass is 10.0. The monoisotopic (exact) mass is 331 g/mol. The van der Waals surface area contributed by atoms with E-state index in [-0.39, 0.29) is 5.97 Å². The highest BCUT2D eigenvalue weighted by Crippen LogP contribution is 2.29. The Bertz CT molecular complexity index is 418. The Kier molecular flexibility index (Phi) is 3.68. The largest absolute Gasteiger partial charge is 0.462 e. The molecule has 86 valence electrons. The van der Waals surface area contributed by atoms with Crippen molar-refractivity contribution in [3.8, 4) is 0 Å². The molecule has 0 bridgehead atoms. The fourth-order valence-corrected chi connectivity index (χ4v) is 2.76. The van der Waals surface area contributed by atoms with Gasteiger partial charge in [-0.25, -0.2) is 4.79 Å². The SMILES string of the molecule is CCOC(=O)c1cc(I)c2c(c1)CCCN2. The third-order valence-electron chi connectivity index (χ3n) is 2.61. The second-order valence-electron chi connectivity index (χ2n) is 3.74. The molecule has 0 aliphatic carbocycles. The van der Waals surface area contributed by atoms with Crippen LogP contribution in [-0.2, 0) is 11.2 Å². The molecule has 0 saturated heterocycles. The Morgan fingerprint density at radius 2 is 2.38 bits per heavy atom. The van der Waals surface area contributed by atoms with Gasteiger partial charge in [0.25, 0.3) is 0 Å². The van der Waals surface area contributed by atoms with Crippen molar-refractivity contribution in [3.63, 3.8) is 0 Å². The summed E-state index contributed by atoms with van der Waals surface area (Å²) in [6, 6.07) is 3.83. The topological polar surface area (TPSA) is 38.3 Å². The Balaban J connectivity index is 2.35. The van der Waals surface area contributed by atoms with Crippen molar-refractivity contribution in [2.75, 3.05) is 18.5 Å². The minimum atomic E-state index is -0.228. The van der Waals surface area contributed by atoms with Gasteiger partial charge in [-0.3, -0.25) is 0 Å². The predicted molar refractivity (Wildman–Crippen MR) is 71.9 cm³/mol. The van der Waals surface area contributed by atoms with Crippen LogP contribution < -0.4 is 5.32 Å². The van der Waals surface area contributed by atoms with Gasteiger partial charge in [0, 0.05) is 10.1 Å². The van der Waals surface area contributed by atoms with Crippen LogP contribution in [-0.4, -0.2) is 19.1 Å². The summed E-state index contributed by atoms with van der Waals surface area (Å²) in [5.74, 6) is -0.228. The zero-order chi connectivity index (χ0) is 11.5. The van der Waals surface area contributed by atoms with E-state index >= 15 is 0 Å². The van der Waals surface area contributed by atoms with Gasteiger partial charge >= 0.3 is 5.97 Å². The molecule has 0 atom stereocenters. The van der Waals surface area contributed by atoms with Gasteiger partial charge in [-0.15, -0.1) is 0 Å². The Labute approximate surface area is 109 Å². The van der Waals surface area contributed by atoms with Gasteiger partial charge < -0.3 is 10.1 Å². The van der Waals surface area contributed by atoms with Crippen molar-refractivity contribution in [2.24, 2.45) is 0 Å². The van der Waals surface area contributed by atoms with Gasteiger partial charge in [0.15, 0.2) is 0 Å². The van der Waals surface area contributed by atoms with E-state index in [2.05, 4.69) is 27.9 Å². The first-order valence-corrected chi connectivity index (χ1v) is 6.53. The van der Waals surface area contributed by atoms with Crippen molar-refractivity contribution in [1.29, 1.82) is 0 Å². The molecular formula is C12H14INO2. The van der Waals surface area contributed by atoms with Gasteiger partial charge in [0.1, 0.15) is 0 Å². The lowest BCUT2D eigenvalue weighted by molar-refractivity contribution is 0.0526. The van der Waals surface area contributed by atoms with Gasteiger partial charge in [0.2, 0.25) is 0 Å². The number of nitrogens with one attached hydrogen (secondary N) is 1. The van der Waals surface area contributed by atoms with Crippen LogP contribution in [0.3, 0.4) is 0 Å². The highest BCUT2D eigenvalue weighted by Gasteiger charge is 2.16. The van der Waals surface area contributed by atoms with Crippen LogP contribution in [0.25, 0.3) is 0 Å². The molecular weight excluding hydrogens is 317 g/mol. The summed E-state index contributed by atoms with van der Waals surface area (Å²) < 4.78 is 6.11. The fraction of sp³-hybridized carbons (Fsp3) is 0.417. The van der Waals surface area contributed by atoms with Crippen LogP contribution in [0, 0.1) is 3.57 Å². The first-order valence-electron chi connectivity index (χ1n) is 5.45. The Morgan fingerprint density at radius 1 is 1.56 bits per heavy atom. The van der Waals surface area contributed by atoms with E-state index in [0.29, 0.717) is 12.2 Å². The first-order chi connectivity index (χ1) is 7.72. The summed E-state index contributed by atoms with van der Waals surface area (Å²) in [4.78, 5) is 11.6. The van der Waals surface area contributed by atoms with E-state index in [1.54, 1.807) is 0 Å². The zero-order valence-corrected chi connectivity index (χ0v) is 11.3. The molecule has 1 aromatic carbocycles. The van der Waals surface area contributed by atoms with Crippen molar-refractivity contribution < 1.29 is 9.53 Å². The number of esters is 1. The van der Waals surface area contributed by atoms with Gasteiger partial charge in [-0.05, 0) is 60.1 Å². The standard InChI is InChI=1S/C12H14INO2/c1-2-16-12(15)9-6-8-4-3-5-14-11(8)10(13)7-9/h6-7,14H,2-5H2,1H3. The highest BCUT2D eigenvalue weighted by atomic mass is 127. The number of rotatable bonds is 2. The van der Waals surface area contributed by atoms with E-state index < -0.39 is 0 Å². The number of ether oxygens (including phenoxy) is 1. The van der Waals surface area contributed by atoms with Crippen molar-refractivity contribution >= 4 is 34.2 Å². The molecule has 1 aliphatic rings. The molecule has 16 heavy (non-hydrogen) atoms. The minimum Gasteiger partial charge on any atom is -0.462 e. The molecule has 0 spiro atoms. The second-order valence-corrected chi connectivity index (χ2v) is 4.91. The zero-order valence-electron chi connectivity index (χ0n) is 9.18. The van der Waals surface area contributed by atoms with E-state index in [1.807, 2.05) is 19.1 Å². The third kappa shape index (κ3) is 2.31. The van der Waals surface area contributed by atoms with E-state index in [4.69, 9.17) is 4.74 Å². The van der Waals surface area contributed by atoms with E-state index in [9.17, 15) is 4.79 Å². The van der Waals surface area contributed by atoms with Crippen LogP contribution >= 0.6 is 22.6 Å². The number of benzene rings is 1. The van der Waals surface area contributed by atoms with Crippen LogP contribution in [0.1, 0.15) is 29.3 Å². The number of fused-ring (bicyclic) bond motifs is 1. The smallest absolute Gasteiger partial charge is 0.338 e. The maximum absolute atomic E-state index is 11.6. The summed E-state index contributed by atoms with van der Waals surface area (Å²) in [5, 5.41) is 3.37. The second kappa shape index (κ2) is 5.03. The van der Waals surface area contributed by atoms with Crippen LogP contribution in [0.2, 0.25) is 0 Å². The van der Waals surface area contributed by atoms with Crippen molar-refractivity contribution in [1.82, 2.24) is 0 Å². The average molecular weight is 331 g/mol. The van der Waals surface area contributed by atoms with Crippen LogP contribution in [0.15, 0.2) is 12.1 Å². The van der Waals surface area contributed by atoms with Crippen molar-refractivity contribution in [2.45, 2.75) is 19.8 Å². The fourth-order valence-electron chi connectivity index (χ4n) is 1.88. The average Bonchev–Trinajstić information content (AvgIpc) is 2.29. The summed E-state index contributed by atoms with van der Waals surface area (Å²) in [6.07, 6.45) is 2.15. The molecule has 0 aromatic heterocycles.